The van der Waals surface area contributed by atoms with E-state index in [1.807, 2.05) is 26.0 Å². The summed E-state index contributed by atoms with van der Waals surface area (Å²) in [4.78, 5) is 12.3. The summed E-state index contributed by atoms with van der Waals surface area (Å²) < 4.78 is 23.1. The van der Waals surface area contributed by atoms with Gasteiger partial charge in [0.15, 0.2) is 0 Å². The molecule has 116 valence electrons. The summed E-state index contributed by atoms with van der Waals surface area (Å²) >= 11 is 0. The smallest absolute Gasteiger partial charge is 0.255 e. The van der Waals surface area contributed by atoms with E-state index in [1.165, 1.54) is 6.07 Å². The lowest BCUT2D eigenvalue weighted by Crippen LogP contribution is -2.17. The first-order valence-corrected chi connectivity index (χ1v) is 8.26. The van der Waals surface area contributed by atoms with Crippen LogP contribution in [0.1, 0.15) is 27.0 Å². The first-order chi connectivity index (χ1) is 10.2. The van der Waals surface area contributed by atoms with Crippen LogP contribution in [0.3, 0.4) is 0 Å². The Morgan fingerprint density at radius 1 is 1.05 bits per heavy atom. The number of nitrogens with one attached hydrogen (secondary N) is 1. The molecule has 2 aromatic carbocycles. The predicted octanol–water partition coefficient (Wildman–Crippen LogP) is 2.51. The van der Waals surface area contributed by atoms with E-state index in [0.717, 1.165) is 11.1 Å². The Balaban J connectivity index is 2.37. The summed E-state index contributed by atoms with van der Waals surface area (Å²) in [6, 6.07) is 10.0. The molecule has 0 fully saturated rings. The predicted molar refractivity (Wildman–Crippen MR) is 86.4 cm³/mol. The summed E-state index contributed by atoms with van der Waals surface area (Å²) in [5.74, 6) is -0.376. The van der Waals surface area contributed by atoms with Crippen LogP contribution in [0.25, 0.3) is 0 Å². The Morgan fingerprint density at radius 2 is 1.73 bits per heavy atom. The van der Waals surface area contributed by atoms with E-state index >= 15 is 0 Å². The molecule has 2 rings (SSSR count). The van der Waals surface area contributed by atoms with Crippen LogP contribution in [0.2, 0.25) is 0 Å². The summed E-state index contributed by atoms with van der Waals surface area (Å²) in [5, 5.41) is 7.95. The third-order valence-corrected chi connectivity index (χ3v) is 4.66. The molecule has 6 heteroatoms. The Bertz CT molecular complexity index is 842. The van der Waals surface area contributed by atoms with Gasteiger partial charge in [0.05, 0.1) is 4.90 Å². The molecule has 0 spiro atoms. The van der Waals surface area contributed by atoms with Gasteiger partial charge in [-0.05, 0) is 55.7 Å². The lowest BCUT2D eigenvalue weighted by Gasteiger charge is -2.11. The standard InChI is InChI=1S/C16H18N2O3S/c1-10-5-4-6-14(12(10)3)18-16(19)13-8-7-11(2)15(9-13)22(17,20)21/h4-9H,1-3H3,(H,18,19)(H2,17,20,21). The van der Waals surface area contributed by atoms with Gasteiger partial charge in [0.1, 0.15) is 0 Å². The molecule has 0 aromatic heterocycles. The average Bonchev–Trinajstić information content (AvgIpc) is 2.43. The van der Waals surface area contributed by atoms with Crippen molar-refractivity contribution in [1.82, 2.24) is 0 Å². The second-order valence-corrected chi connectivity index (χ2v) is 6.76. The van der Waals surface area contributed by atoms with Crippen molar-refractivity contribution in [2.24, 2.45) is 5.14 Å². The van der Waals surface area contributed by atoms with Crippen molar-refractivity contribution >= 4 is 21.6 Å². The zero-order chi connectivity index (χ0) is 16.5. The second-order valence-electron chi connectivity index (χ2n) is 5.23. The third kappa shape index (κ3) is 3.35. The van der Waals surface area contributed by atoms with Crippen LogP contribution < -0.4 is 10.5 Å². The average molecular weight is 318 g/mol. The molecule has 3 N–H and O–H groups in total. The Kier molecular flexibility index (Phi) is 4.35. The van der Waals surface area contributed by atoms with Crippen LogP contribution in [0.4, 0.5) is 5.69 Å². The number of hydrogen-bond acceptors (Lipinski definition) is 3. The summed E-state index contributed by atoms with van der Waals surface area (Å²) in [6.07, 6.45) is 0. The van der Waals surface area contributed by atoms with Crippen molar-refractivity contribution in [3.63, 3.8) is 0 Å². The van der Waals surface area contributed by atoms with Gasteiger partial charge in [-0.2, -0.15) is 0 Å². The number of sulfonamides is 1. The summed E-state index contributed by atoms with van der Waals surface area (Å²) in [7, 11) is -3.86. The van der Waals surface area contributed by atoms with Crippen molar-refractivity contribution in [1.29, 1.82) is 0 Å². The highest BCUT2D eigenvalue weighted by Crippen LogP contribution is 2.20. The summed E-state index contributed by atoms with van der Waals surface area (Å²) in [5.41, 5.74) is 3.48. The van der Waals surface area contributed by atoms with Crippen LogP contribution in [0.15, 0.2) is 41.3 Å². The second kappa shape index (κ2) is 5.90. The van der Waals surface area contributed by atoms with Crippen LogP contribution in [-0.4, -0.2) is 14.3 Å². The topological polar surface area (TPSA) is 89.3 Å². The molecule has 0 aliphatic heterocycles. The number of carbonyl (C=O) groups excluding carboxylic acids is 1. The quantitative estimate of drug-likeness (QED) is 0.911. The van der Waals surface area contributed by atoms with Gasteiger partial charge in [-0.15, -0.1) is 0 Å². The number of benzene rings is 2. The number of nitrogens with two attached hydrogens (primary N) is 1. The van der Waals surface area contributed by atoms with Crippen LogP contribution in [0, 0.1) is 20.8 Å². The molecular formula is C16H18N2O3S. The van der Waals surface area contributed by atoms with E-state index < -0.39 is 10.0 Å². The van der Waals surface area contributed by atoms with Crippen molar-refractivity contribution < 1.29 is 13.2 Å². The number of rotatable bonds is 3. The maximum absolute atomic E-state index is 12.3. The molecule has 0 atom stereocenters. The fraction of sp³-hybridized carbons (Fsp3) is 0.188. The zero-order valence-electron chi connectivity index (χ0n) is 12.7. The molecule has 1 amide bonds. The molecule has 0 aliphatic rings. The van der Waals surface area contributed by atoms with Gasteiger partial charge >= 0.3 is 0 Å². The Morgan fingerprint density at radius 3 is 2.36 bits per heavy atom. The monoisotopic (exact) mass is 318 g/mol. The van der Waals surface area contributed by atoms with Crippen molar-refractivity contribution in [3.8, 4) is 0 Å². The zero-order valence-corrected chi connectivity index (χ0v) is 13.5. The van der Waals surface area contributed by atoms with Crippen molar-refractivity contribution in [2.45, 2.75) is 25.7 Å². The fourth-order valence-electron chi connectivity index (χ4n) is 2.13. The van der Waals surface area contributed by atoms with Crippen molar-refractivity contribution in [3.05, 3.63) is 58.7 Å². The number of carbonyl (C=O) groups is 1. The van der Waals surface area contributed by atoms with E-state index in [1.54, 1.807) is 25.1 Å². The van der Waals surface area contributed by atoms with Crippen LogP contribution >= 0.6 is 0 Å². The number of amides is 1. The maximum Gasteiger partial charge on any atom is 0.255 e. The van der Waals surface area contributed by atoms with E-state index in [-0.39, 0.29) is 16.4 Å². The van der Waals surface area contributed by atoms with Gasteiger partial charge < -0.3 is 5.32 Å². The number of aryl methyl sites for hydroxylation is 2. The van der Waals surface area contributed by atoms with Crippen LogP contribution in [-0.2, 0) is 10.0 Å². The molecule has 0 aliphatic carbocycles. The largest absolute Gasteiger partial charge is 0.322 e. The molecule has 0 radical (unpaired) electrons. The fourth-order valence-corrected chi connectivity index (χ4v) is 2.94. The molecule has 0 saturated carbocycles. The van der Waals surface area contributed by atoms with Gasteiger partial charge in [-0.1, -0.05) is 18.2 Å². The molecule has 22 heavy (non-hydrogen) atoms. The molecule has 0 saturated heterocycles. The van der Waals surface area contributed by atoms with E-state index in [4.69, 9.17) is 5.14 Å². The maximum atomic E-state index is 12.3. The highest BCUT2D eigenvalue weighted by molar-refractivity contribution is 7.89. The van der Waals surface area contributed by atoms with Gasteiger partial charge in [0.2, 0.25) is 10.0 Å². The highest BCUT2D eigenvalue weighted by atomic mass is 32.2. The molecule has 2 aromatic rings. The molecule has 5 nitrogen and oxygen atoms in total. The Hall–Kier alpha value is -2.18. The SMILES string of the molecule is Cc1ccc(C(=O)Nc2cccc(C)c2C)cc1S(N)(=O)=O. The lowest BCUT2D eigenvalue weighted by molar-refractivity contribution is 0.102. The Labute approximate surface area is 130 Å². The van der Waals surface area contributed by atoms with Crippen LogP contribution in [0.5, 0.6) is 0 Å². The number of hydrogen-bond donors (Lipinski definition) is 2. The third-order valence-electron chi connectivity index (χ3n) is 3.61. The normalized spacial score (nSPS) is 11.3. The number of primary sulfonamides is 1. The minimum Gasteiger partial charge on any atom is -0.322 e. The lowest BCUT2D eigenvalue weighted by atomic mass is 10.1. The first kappa shape index (κ1) is 16.2. The number of anilines is 1. The minimum absolute atomic E-state index is 0.0406. The van der Waals surface area contributed by atoms with Gasteiger partial charge in [0, 0.05) is 11.3 Å². The minimum atomic E-state index is -3.86. The molecule has 0 heterocycles. The van der Waals surface area contributed by atoms with Gasteiger partial charge in [-0.3, -0.25) is 4.79 Å². The van der Waals surface area contributed by atoms with Gasteiger partial charge in [0.25, 0.3) is 5.91 Å². The molecule has 0 unspecified atom stereocenters. The highest BCUT2D eigenvalue weighted by Gasteiger charge is 2.15. The van der Waals surface area contributed by atoms with Gasteiger partial charge in [-0.25, -0.2) is 13.6 Å². The summed E-state index contributed by atoms with van der Waals surface area (Å²) in [6.45, 7) is 5.50. The molecular weight excluding hydrogens is 300 g/mol. The van der Waals surface area contributed by atoms with E-state index in [0.29, 0.717) is 11.3 Å². The first-order valence-electron chi connectivity index (χ1n) is 6.71. The van der Waals surface area contributed by atoms with E-state index in [9.17, 15) is 13.2 Å². The molecule has 0 bridgehead atoms. The van der Waals surface area contributed by atoms with Crippen molar-refractivity contribution in [2.75, 3.05) is 5.32 Å². The van der Waals surface area contributed by atoms with E-state index in [2.05, 4.69) is 5.32 Å².